The van der Waals surface area contributed by atoms with Gasteiger partial charge >= 0.3 is 6.03 Å². The number of nitrogens with one attached hydrogen (secondary N) is 1. The van der Waals surface area contributed by atoms with Crippen molar-refractivity contribution in [2.24, 2.45) is 5.73 Å². The van der Waals surface area contributed by atoms with Gasteiger partial charge in [0.2, 0.25) is 5.91 Å². The Morgan fingerprint density at radius 2 is 2.04 bits per heavy atom. The molecule has 2 aromatic rings. The summed E-state index contributed by atoms with van der Waals surface area (Å²) in [6, 6.07) is 6.87. The molecule has 126 valence electrons. The highest BCUT2D eigenvalue weighted by Crippen LogP contribution is 2.18. The molecular weight excluding hydrogens is 326 g/mol. The number of primary amides is 1. The van der Waals surface area contributed by atoms with Gasteiger partial charge in [0.1, 0.15) is 0 Å². The number of carbonyl (C=O) groups is 2. The first-order valence-corrected chi connectivity index (χ1v) is 8.57. The first kappa shape index (κ1) is 16.3. The van der Waals surface area contributed by atoms with E-state index in [-0.39, 0.29) is 6.03 Å². The monoisotopic (exact) mass is 345 g/mol. The fourth-order valence-electron chi connectivity index (χ4n) is 2.60. The van der Waals surface area contributed by atoms with Crippen LogP contribution in [0.3, 0.4) is 0 Å². The number of anilines is 1. The van der Waals surface area contributed by atoms with E-state index in [4.69, 9.17) is 5.73 Å². The molecule has 1 saturated heterocycles. The molecule has 1 aliphatic rings. The second kappa shape index (κ2) is 7.31. The van der Waals surface area contributed by atoms with E-state index >= 15 is 0 Å². The predicted molar refractivity (Wildman–Crippen MR) is 93.1 cm³/mol. The Balaban J connectivity index is 1.49. The normalized spacial score (nSPS) is 14.5. The Morgan fingerprint density at radius 1 is 1.25 bits per heavy atom. The van der Waals surface area contributed by atoms with E-state index in [0.717, 1.165) is 23.8 Å². The van der Waals surface area contributed by atoms with Gasteiger partial charge in [0.25, 0.3) is 0 Å². The molecule has 0 radical (unpaired) electrons. The van der Waals surface area contributed by atoms with Gasteiger partial charge in [-0.1, -0.05) is 12.1 Å². The number of urea groups is 1. The van der Waals surface area contributed by atoms with E-state index in [1.807, 2.05) is 11.4 Å². The first-order valence-electron chi connectivity index (χ1n) is 7.69. The lowest BCUT2D eigenvalue weighted by atomic mass is 10.1. The molecule has 1 aromatic heterocycles. The van der Waals surface area contributed by atoms with Crippen molar-refractivity contribution in [1.82, 2.24) is 15.2 Å². The zero-order valence-electron chi connectivity index (χ0n) is 13.1. The van der Waals surface area contributed by atoms with Crippen LogP contribution < -0.4 is 16.0 Å². The molecule has 7 nitrogen and oxygen atoms in total. The van der Waals surface area contributed by atoms with E-state index in [0.29, 0.717) is 25.2 Å². The summed E-state index contributed by atoms with van der Waals surface area (Å²) < 4.78 is 0. The van der Waals surface area contributed by atoms with Gasteiger partial charge in [0, 0.05) is 49.9 Å². The molecule has 0 aliphatic carbocycles. The van der Waals surface area contributed by atoms with E-state index in [1.54, 1.807) is 40.6 Å². The molecule has 1 aromatic carbocycles. The summed E-state index contributed by atoms with van der Waals surface area (Å²) in [5, 5.41) is 5.84. The number of carbonyl (C=O) groups excluding carboxylic acids is 2. The number of hydrogen-bond donors (Lipinski definition) is 2. The van der Waals surface area contributed by atoms with Gasteiger partial charge in [-0.25, -0.2) is 9.78 Å². The van der Waals surface area contributed by atoms with Gasteiger partial charge in [0.05, 0.1) is 0 Å². The third-order valence-corrected chi connectivity index (χ3v) is 4.74. The lowest BCUT2D eigenvalue weighted by molar-refractivity contribution is 0.1000. The van der Waals surface area contributed by atoms with Gasteiger partial charge in [-0.05, 0) is 17.7 Å². The number of aromatic nitrogens is 1. The lowest BCUT2D eigenvalue weighted by Crippen LogP contribution is -2.51. The highest BCUT2D eigenvalue weighted by molar-refractivity contribution is 7.13. The molecule has 0 spiro atoms. The molecule has 2 heterocycles. The van der Waals surface area contributed by atoms with E-state index in [9.17, 15) is 9.59 Å². The van der Waals surface area contributed by atoms with Crippen molar-refractivity contribution in [3.8, 4) is 0 Å². The molecule has 3 rings (SSSR count). The van der Waals surface area contributed by atoms with Gasteiger partial charge in [-0.15, -0.1) is 11.3 Å². The van der Waals surface area contributed by atoms with Crippen molar-refractivity contribution in [2.45, 2.75) is 6.54 Å². The van der Waals surface area contributed by atoms with Crippen LogP contribution in [0.1, 0.15) is 15.9 Å². The molecule has 1 fully saturated rings. The van der Waals surface area contributed by atoms with E-state index in [2.05, 4.69) is 15.2 Å². The second-order valence-electron chi connectivity index (χ2n) is 5.51. The number of nitrogens with zero attached hydrogens (tertiary/aromatic N) is 3. The predicted octanol–water partition coefficient (Wildman–Crippen LogP) is 1.27. The minimum Gasteiger partial charge on any atom is -0.366 e. The van der Waals surface area contributed by atoms with Crippen LogP contribution in [0.15, 0.2) is 35.8 Å². The van der Waals surface area contributed by atoms with Crippen LogP contribution in [0, 0.1) is 0 Å². The highest BCUT2D eigenvalue weighted by atomic mass is 32.1. The Kier molecular flexibility index (Phi) is 4.95. The summed E-state index contributed by atoms with van der Waals surface area (Å²) in [5.74, 6) is -0.471. The SMILES string of the molecule is NC(=O)c1cccc(CNC(=O)N2CCN(c3nccs3)CC2)c1. The number of nitrogens with two attached hydrogens (primary N) is 1. The number of thiazole rings is 1. The number of benzene rings is 1. The Morgan fingerprint density at radius 3 is 2.71 bits per heavy atom. The summed E-state index contributed by atoms with van der Waals surface area (Å²) in [4.78, 5) is 31.7. The Bertz CT molecular complexity index is 711. The molecule has 0 bridgehead atoms. The number of amides is 3. The van der Waals surface area contributed by atoms with Gasteiger partial charge in [-0.3, -0.25) is 4.79 Å². The van der Waals surface area contributed by atoms with Crippen molar-refractivity contribution in [1.29, 1.82) is 0 Å². The van der Waals surface area contributed by atoms with Crippen molar-refractivity contribution in [3.05, 3.63) is 47.0 Å². The van der Waals surface area contributed by atoms with Crippen LogP contribution >= 0.6 is 11.3 Å². The summed E-state index contributed by atoms with van der Waals surface area (Å²) in [5.41, 5.74) is 6.56. The van der Waals surface area contributed by atoms with Crippen molar-refractivity contribution >= 4 is 28.4 Å². The average Bonchev–Trinajstić information content (AvgIpc) is 3.14. The molecule has 8 heteroatoms. The van der Waals surface area contributed by atoms with Gasteiger partial charge in [0.15, 0.2) is 5.13 Å². The maximum absolute atomic E-state index is 12.3. The van der Waals surface area contributed by atoms with Crippen LogP contribution in [0.4, 0.5) is 9.93 Å². The summed E-state index contributed by atoms with van der Waals surface area (Å²) in [7, 11) is 0. The van der Waals surface area contributed by atoms with E-state index in [1.165, 1.54) is 0 Å². The van der Waals surface area contributed by atoms with Gasteiger partial charge in [-0.2, -0.15) is 0 Å². The maximum atomic E-state index is 12.3. The summed E-state index contributed by atoms with van der Waals surface area (Å²) >= 11 is 1.61. The minimum absolute atomic E-state index is 0.0988. The zero-order chi connectivity index (χ0) is 16.9. The minimum atomic E-state index is -0.471. The Hall–Kier alpha value is -2.61. The zero-order valence-corrected chi connectivity index (χ0v) is 14.0. The molecule has 0 unspecified atom stereocenters. The summed E-state index contributed by atoms with van der Waals surface area (Å²) in [6.45, 7) is 3.24. The molecular formula is C16H19N5O2S. The topological polar surface area (TPSA) is 91.6 Å². The van der Waals surface area contributed by atoms with Crippen LogP contribution in [-0.4, -0.2) is 48.0 Å². The lowest BCUT2D eigenvalue weighted by Gasteiger charge is -2.34. The molecule has 1 aliphatic heterocycles. The largest absolute Gasteiger partial charge is 0.366 e. The first-order chi connectivity index (χ1) is 11.6. The van der Waals surface area contributed by atoms with Crippen molar-refractivity contribution < 1.29 is 9.59 Å². The second-order valence-corrected chi connectivity index (χ2v) is 6.39. The van der Waals surface area contributed by atoms with Crippen LogP contribution in [0.5, 0.6) is 0 Å². The van der Waals surface area contributed by atoms with Gasteiger partial charge < -0.3 is 20.9 Å². The van der Waals surface area contributed by atoms with Crippen LogP contribution in [0.25, 0.3) is 0 Å². The van der Waals surface area contributed by atoms with Crippen LogP contribution in [0.2, 0.25) is 0 Å². The van der Waals surface area contributed by atoms with Crippen LogP contribution in [-0.2, 0) is 6.54 Å². The fourth-order valence-corrected chi connectivity index (χ4v) is 3.29. The smallest absolute Gasteiger partial charge is 0.317 e. The molecule has 3 N–H and O–H groups in total. The maximum Gasteiger partial charge on any atom is 0.317 e. The standard InChI is InChI=1S/C16H19N5O2S/c17-14(22)13-3-1-2-12(10-13)11-19-15(23)20-5-7-21(8-6-20)16-18-4-9-24-16/h1-4,9-10H,5-8,11H2,(H2,17,22)(H,19,23). The highest BCUT2D eigenvalue weighted by Gasteiger charge is 2.22. The Labute approximate surface area is 144 Å². The van der Waals surface area contributed by atoms with Crippen molar-refractivity contribution in [3.63, 3.8) is 0 Å². The fraction of sp³-hybridized carbons (Fsp3) is 0.312. The number of rotatable bonds is 4. The molecule has 24 heavy (non-hydrogen) atoms. The van der Waals surface area contributed by atoms with E-state index < -0.39 is 5.91 Å². The summed E-state index contributed by atoms with van der Waals surface area (Å²) in [6.07, 6.45) is 1.79. The third-order valence-electron chi connectivity index (χ3n) is 3.91. The average molecular weight is 345 g/mol. The number of hydrogen-bond acceptors (Lipinski definition) is 5. The molecule has 0 atom stereocenters. The number of piperazine rings is 1. The van der Waals surface area contributed by atoms with Crippen molar-refractivity contribution in [2.75, 3.05) is 31.1 Å². The third kappa shape index (κ3) is 3.83. The molecule has 3 amide bonds. The molecule has 0 saturated carbocycles. The quantitative estimate of drug-likeness (QED) is 0.873.